The van der Waals surface area contributed by atoms with E-state index in [0.717, 1.165) is 12.1 Å². The summed E-state index contributed by atoms with van der Waals surface area (Å²) in [4.78, 5) is 25.6. The Morgan fingerprint density at radius 3 is 2.68 bits per heavy atom. The number of fused-ring (bicyclic) bond motifs is 2. The van der Waals surface area contributed by atoms with Crippen LogP contribution in [-0.4, -0.2) is 56.0 Å². The average Bonchev–Trinajstić information content (AvgIpc) is 3.57. The predicted molar refractivity (Wildman–Crippen MR) is 160 cm³/mol. The highest BCUT2D eigenvalue weighted by Crippen LogP contribution is 2.50. The zero-order valence-corrected chi connectivity index (χ0v) is 26.4. The largest absolute Gasteiger partial charge is 0.459 e. The second kappa shape index (κ2) is 12.3. The van der Waals surface area contributed by atoms with Crippen LogP contribution in [0.25, 0.3) is 11.2 Å². The van der Waals surface area contributed by atoms with Crippen molar-refractivity contribution in [2.75, 3.05) is 18.7 Å². The first-order valence-corrected chi connectivity index (χ1v) is 15.9. The maximum absolute atomic E-state index is 14.3. The third-order valence-corrected chi connectivity index (χ3v) is 9.37. The number of carbonyl (C=O) groups excluding carboxylic acids is 1. The molecule has 0 spiro atoms. The number of imidazole rings is 1. The van der Waals surface area contributed by atoms with Gasteiger partial charge in [-0.2, -0.15) is 18.3 Å². The number of nitrogens with one attached hydrogen (secondary N) is 1. The molecule has 2 aromatic heterocycles. The number of aliphatic hydroxyl groups is 1. The van der Waals surface area contributed by atoms with Crippen LogP contribution in [-0.2, 0) is 36.1 Å². The molecule has 0 radical (unpaired) electrons. The van der Waals surface area contributed by atoms with E-state index in [0.29, 0.717) is 22.0 Å². The van der Waals surface area contributed by atoms with Crippen LogP contribution >= 0.6 is 19.3 Å². The smallest absolute Gasteiger partial charge is 0.459 e. The number of alkyl halides is 3. The van der Waals surface area contributed by atoms with Crippen LogP contribution in [0.4, 0.5) is 19.0 Å². The fourth-order valence-corrected chi connectivity index (χ4v) is 7.14. The molecule has 4 N–H and O–H groups in total. The van der Waals surface area contributed by atoms with Crippen molar-refractivity contribution in [3.63, 3.8) is 0 Å². The van der Waals surface area contributed by atoms with E-state index in [2.05, 4.69) is 20.0 Å². The lowest BCUT2D eigenvalue weighted by Crippen LogP contribution is -2.35. The Labute approximate surface area is 270 Å². The van der Waals surface area contributed by atoms with Crippen molar-refractivity contribution >= 4 is 42.3 Å². The number of hydrogen-bond acceptors (Lipinski definition) is 12. The number of anilines is 1. The summed E-state index contributed by atoms with van der Waals surface area (Å²) in [5.74, 6) is 5.22. The van der Waals surface area contributed by atoms with E-state index in [9.17, 15) is 27.6 Å². The molecule has 0 saturated carbocycles. The number of carbonyl (C=O) groups is 1. The molecule has 2 aliphatic rings. The Morgan fingerprint density at radius 1 is 1.23 bits per heavy atom. The van der Waals surface area contributed by atoms with Crippen molar-refractivity contribution in [1.29, 1.82) is 0 Å². The van der Waals surface area contributed by atoms with Crippen LogP contribution in [0.15, 0.2) is 55.1 Å². The summed E-state index contributed by atoms with van der Waals surface area (Å²) in [6, 6.07) is 7.33. The first-order valence-electron chi connectivity index (χ1n) is 14.0. The maximum Gasteiger partial charge on any atom is 0.459 e. The Kier molecular flexibility index (Phi) is 8.67. The van der Waals surface area contributed by atoms with E-state index in [1.165, 1.54) is 59.5 Å². The van der Waals surface area contributed by atoms with Crippen LogP contribution in [0.5, 0.6) is 5.75 Å². The van der Waals surface area contributed by atoms with Crippen molar-refractivity contribution in [2.24, 2.45) is 5.84 Å². The monoisotopic (exact) mass is 697 g/mol. The average molecular weight is 698 g/mol. The third kappa shape index (κ3) is 6.65. The molecule has 4 aromatic rings. The van der Waals surface area contributed by atoms with Gasteiger partial charge in [0, 0.05) is 24.1 Å². The Hall–Kier alpha value is -3.83. The second-order valence-corrected chi connectivity index (χ2v) is 13.3. The maximum atomic E-state index is 14.3. The number of hydrogen-bond donors (Lipinski definition) is 3. The van der Waals surface area contributed by atoms with E-state index < -0.39 is 62.6 Å². The summed E-state index contributed by atoms with van der Waals surface area (Å²) in [7, 11) is -3.02. The van der Waals surface area contributed by atoms with Crippen LogP contribution in [0, 0.1) is 0 Å². The van der Waals surface area contributed by atoms with E-state index in [1.54, 1.807) is 7.05 Å². The summed E-state index contributed by atoms with van der Waals surface area (Å²) < 4.78 is 79.7. The number of nitrogens with two attached hydrogens (primary N) is 1. The standard InChI is InChI=1S/C28H28ClF3N7O7P/c1-27(41)10-17(45-26(27)39-14-36-22-23(38(2)33)34-13-35-24(22)39)11-44-47(42,46-16-8-6-15(29)7-9-16)37-21-18-4-3-5-20(28(30,31)32)19(18)12-43-25(21)40/h3-9,13-14,17,21,26,41H,10-12,33H2,1-2H3,(H,37,42)/t17?,21?,26?,27-,47?/m1/s1. The molecule has 5 atom stereocenters. The number of rotatable bonds is 9. The second-order valence-electron chi connectivity index (χ2n) is 11.2. The van der Waals surface area contributed by atoms with E-state index >= 15 is 0 Å². The first kappa shape index (κ1) is 33.1. The lowest BCUT2D eigenvalue weighted by molar-refractivity contribution is -0.152. The predicted octanol–water partition coefficient (Wildman–Crippen LogP) is 4.44. The van der Waals surface area contributed by atoms with Crippen molar-refractivity contribution in [3.8, 4) is 5.75 Å². The highest BCUT2D eigenvalue weighted by atomic mass is 35.5. The molecule has 4 heterocycles. The quantitative estimate of drug-likeness (QED) is 0.0970. The Morgan fingerprint density at radius 2 is 1.98 bits per heavy atom. The summed E-state index contributed by atoms with van der Waals surface area (Å²) >= 11 is 5.97. The molecular weight excluding hydrogens is 670 g/mol. The fourth-order valence-electron chi connectivity index (χ4n) is 5.51. The van der Waals surface area contributed by atoms with E-state index in [1.807, 2.05) is 0 Å². The number of benzene rings is 2. The zero-order valence-electron chi connectivity index (χ0n) is 24.7. The third-order valence-electron chi connectivity index (χ3n) is 7.60. The molecule has 0 amide bonds. The van der Waals surface area contributed by atoms with Crippen LogP contribution in [0.3, 0.4) is 0 Å². The van der Waals surface area contributed by atoms with Crippen molar-refractivity contribution in [1.82, 2.24) is 24.6 Å². The Bertz CT molecular complexity index is 1860. The molecule has 0 aliphatic carbocycles. The lowest BCUT2D eigenvalue weighted by atomic mass is 9.94. The number of aromatic nitrogens is 4. The van der Waals surface area contributed by atoms with Gasteiger partial charge in [-0.1, -0.05) is 23.7 Å². The summed E-state index contributed by atoms with van der Waals surface area (Å²) in [6.45, 7) is 0.449. The van der Waals surface area contributed by atoms with Crippen LogP contribution in [0.2, 0.25) is 5.02 Å². The van der Waals surface area contributed by atoms with Gasteiger partial charge in [-0.15, -0.1) is 0 Å². The highest BCUT2D eigenvalue weighted by Gasteiger charge is 2.48. The molecule has 14 nitrogen and oxygen atoms in total. The lowest BCUT2D eigenvalue weighted by Gasteiger charge is -2.30. The molecule has 47 heavy (non-hydrogen) atoms. The van der Waals surface area contributed by atoms with Gasteiger partial charge in [0.05, 0.1) is 24.6 Å². The molecule has 4 unspecified atom stereocenters. The molecular formula is C28H28ClF3N7O7P. The fraction of sp³-hybridized carbons (Fsp3) is 0.357. The molecule has 250 valence electrons. The summed E-state index contributed by atoms with van der Waals surface area (Å²) in [5.41, 5.74) is -2.22. The zero-order chi connectivity index (χ0) is 33.7. The minimum absolute atomic E-state index is 0.0149. The van der Waals surface area contributed by atoms with Crippen molar-refractivity contribution in [2.45, 2.75) is 50.1 Å². The van der Waals surface area contributed by atoms with E-state index in [-0.39, 0.29) is 23.3 Å². The molecule has 19 heteroatoms. The normalized spacial score (nSPS) is 24.1. The molecule has 1 saturated heterocycles. The number of ether oxygens (including phenoxy) is 2. The SMILES string of the molecule is CN(N)c1ncnc2c1ncn2C1OC(COP(=O)(NC2C(=O)OCc3c2cccc3C(F)(F)F)Oc2ccc(Cl)cc2)C[C@@]1(C)O. The summed E-state index contributed by atoms with van der Waals surface area (Å²) in [5, 5.41) is 15.4. The minimum Gasteiger partial charge on any atom is -0.459 e. The van der Waals surface area contributed by atoms with Gasteiger partial charge in [0.1, 0.15) is 30.3 Å². The number of hydrazine groups is 1. The topological polar surface area (TPSA) is 176 Å². The summed E-state index contributed by atoms with van der Waals surface area (Å²) in [6.07, 6.45) is -3.98. The van der Waals surface area contributed by atoms with Gasteiger partial charge < -0.3 is 19.1 Å². The number of halogens is 4. The first-order chi connectivity index (χ1) is 22.1. The molecule has 2 aliphatic heterocycles. The van der Waals surface area contributed by atoms with Crippen molar-refractivity contribution < 1.29 is 46.2 Å². The van der Waals surface area contributed by atoms with Crippen LogP contribution in [0.1, 0.15) is 42.3 Å². The molecule has 0 bridgehead atoms. The Balaban J connectivity index is 1.27. The van der Waals surface area contributed by atoms with Gasteiger partial charge in [-0.25, -0.2) is 30.2 Å². The van der Waals surface area contributed by atoms with Gasteiger partial charge >= 0.3 is 19.9 Å². The van der Waals surface area contributed by atoms with Crippen molar-refractivity contribution in [3.05, 3.63) is 76.8 Å². The number of esters is 1. The minimum atomic E-state index is -4.73. The molecule has 2 aromatic carbocycles. The van der Waals surface area contributed by atoms with Gasteiger partial charge in [-0.3, -0.25) is 14.1 Å². The molecule has 1 fully saturated rings. The van der Waals surface area contributed by atoms with Gasteiger partial charge in [0.2, 0.25) is 0 Å². The van der Waals surface area contributed by atoms with Gasteiger partial charge in [-0.05, 0) is 42.8 Å². The molecule has 6 rings (SSSR count). The van der Waals surface area contributed by atoms with Crippen LogP contribution < -0.4 is 20.5 Å². The van der Waals surface area contributed by atoms with Gasteiger partial charge in [0.25, 0.3) is 0 Å². The van der Waals surface area contributed by atoms with E-state index in [4.69, 9.17) is 36.0 Å². The number of cyclic esters (lactones) is 1. The van der Waals surface area contributed by atoms with Gasteiger partial charge in [0.15, 0.2) is 23.2 Å². The number of nitrogens with zero attached hydrogens (tertiary/aromatic N) is 5. The highest BCUT2D eigenvalue weighted by molar-refractivity contribution is 7.52.